The van der Waals surface area contributed by atoms with Gasteiger partial charge in [-0.1, -0.05) is 5.16 Å². The number of esters is 2. The number of nitrogens with zero attached hydrogens (tertiary/aromatic N) is 2. The van der Waals surface area contributed by atoms with E-state index in [1.54, 1.807) is 33.8 Å². The summed E-state index contributed by atoms with van der Waals surface area (Å²) in [5, 5.41) is 4.27. The number of carbonyl (C=O) groups excluding carboxylic acids is 2. The highest BCUT2D eigenvalue weighted by atomic mass is 16.6. The van der Waals surface area contributed by atoms with Gasteiger partial charge in [0, 0.05) is 5.69 Å². The Morgan fingerprint density at radius 1 is 1.33 bits per heavy atom. The van der Waals surface area contributed by atoms with Crippen LogP contribution in [0, 0.1) is 13.8 Å². The molecule has 0 unspecified atom stereocenters. The fourth-order valence-corrected chi connectivity index (χ4v) is 1.88. The Kier molecular flexibility index (Phi) is 4.21. The third kappa shape index (κ3) is 3.36. The predicted molar refractivity (Wildman–Crippen MR) is 72.8 cm³/mol. The molecule has 2 aromatic heterocycles. The lowest BCUT2D eigenvalue weighted by molar-refractivity contribution is -0.150. The van der Waals surface area contributed by atoms with Gasteiger partial charge < -0.3 is 14.0 Å². The fraction of sp³-hybridized carbons (Fsp3) is 0.429. The van der Waals surface area contributed by atoms with Crippen LogP contribution in [0.2, 0.25) is 0 Å². The largest absolute Gasteiger partial charge is 0.460 e. The van der Waals surface area contributed by atoms with Gasteiger partial charge in [0.15, 0.2) is 6.61 Å². The quantitative estimate of drug-likeness (QED) is 0.795. The molecular formula is C14H16N2O5. The second-order valence-electron chi connectivity index (χ2n) is 4.87. The van der Waals surface area contributed by atoms with Gasteiger partial charge in [0.1, 0.15) is 0 Å². The molecule has 0 radical (unpaired) electrons. The van der Waals surface area contributed by atoms with Gasteiger partial charge in [-0.15, -0.1) is 0 Å². The number of hydrogen-bond acceptors (Lipinski definition) is 7. The van der Waals surface area contributed by atoms with Gasteiger partial charge in [0.05, 0.1) is 22.7 Å². The molecule has 0 saturated carbocycles. The van der Waals surface area contributed by atoms with Crippen LogP contribution in [0.5, 0.6) is 0 Å². The topological polar surface area (TPSA) is 91.5 Å². The number of ether oxygens (including phenoxy) is 2. The Labute approximate surface area is 121 Å². The Balaban J connectivity index is 2.19. The summed E-state index contributed by atoms with van der Waals surface area (Å²) in [4.78, 5) is 27.7. The molecule has 2 aromatic rings. The molecule has 7 nitrogen and oxygen atoms in total. The van der Waals surface area contributed by atoms with Crippen molar-refractivity contribution < 1.29 is 23.6 Å². The molecule has 0 aromatic carbocycles. The highest BCUT2D eigenvalue weighted by Gasteiger charge is 2.20. The molecule has 112 valence electrons. The van der Waals surface area contributed by atoms with Crippen molar-refractivity contribution in [1.29, 1.82) is 0 Å². The number of pyridine rings is 1. The maximum atomic E-state index is 12.1. The zero-order valence-corrected chi connectivity index (χ0v) is 12.3. The summed E-state index contributed by atoms with van der Waals surface area (Å²) < 4.78 is 14.9. The summed E-state index contributed by atoms with van der Waals surface area (Å²) in [7, 11) is 0. The minimum absolute atomic E-state index is 0.258. The van der Waals surface area contributed by atoms with E-state index in [1.807, 2.05) is 0 Å². The van der Waals surface area contributed by atoms with Crippen LogP contribution in [0.1, 0.15) is 35.6 Å². The van der Waals surface area contributed by atoms with Crippen molar-refractivity contribution in [2.75, 3.05) is 6.61 Å². The number of hydrogen-bond donors (Lipinski definition) is 0. The van der Waals surface area contributed by atoms with E-state index < -0.39 is 18.5 Å². The third-order valence-corrected chi connectivity index (χ3v) is 2.65. The molecule has 0 aliphatic heterocycles. The van der Waals surface area contributed by atoms with Gasteiger partial charge >= 0.3 is 11.9 Å². The summed E-state index contributed by atoms with van der Waals surface area (Å²) in [5.74, 6) is -1.24. The SMILES string of the molecule is Cc1cc(C(=O)OCC(=O)OC(C)C)c2c(C)noc2n1. The average molecular weight is 292 g/mol. The third-order valence-electron chi connectivity index (χ3n) is 2.65. The zero-order valence-electron chi connectivity index (χ0n) is 12.3. The lowest BCUT2D eigenvalue weighted by Gasteiger charge is -2.09. The molecule has 0 atom stereocenters. The minimum Gasteiger partial charge on any atom is -0.460 e. The van der Waals surface area contributed by atoms with E-state index in [2.05, 4.69) is 10.1 Å². The molecule has 2 heterocycles. The van der Waals surface area contributed by atoms with E-state index in [9.17, 15) is 9.59 Å². The number of aromatic nitrogens is 2. The molecule has 0 bridgehead atoms. The van der Waals surface area contributed by atoms with Crippen LogP contribution in [0.3, 0.4) is 0 Å². The van der Waals surface area contributed by atoms with Crippen molar-refractivity contribution in [3.8, 4) is 0 Å². The van der Waals surface area contributed by atoms with E-state index in [4.69, 9.17) is 14.0 Å². The lowest BCUT2D eigenvalue weighted by Crippen LogP contribution is -2.19. The van der Waals surface area contributed by atoms with E-state index in [0.717, 1.165) is 0 Å². The van der Waals surface area contributed by atoms with Crippen LogP contribution in [-0.2, 0) is 14.3 Å². The van der Waals surface area contributed by atoms with Gasteiger partial charge in [-0.2, -0.15) is 0 Å². The molecular weight excluding hydrogens is 276 g/mol. The van der Waals surface area contributed by atoms with Crippen molar-refractivity contribution in [1.82, 2.24) is 10.1 Å². The summed E-state index contributed by atoms with van der Waals surface area (Å²) >= 11 is 0. The predicted octanol–water partition coefficient (Wildman–Crippen LogP) is 1.95. The number of rotatable bonds is 4. The first-order chi connectivity index (χ1) is 9.88. The Morgan fingerprint density at radius 2 is 2.05 bits per heavy atom. The van der Waals surface area contributed by atoms with Gasteiger partial charge in [0.25, 0.3) is 5.71 Å². The number of fused-ring (bicyclic) bond motifs is 1. The zero-order chi connectivity index (χ0) is 15.6. The van der Waals surface area contributed by atoms with Crippen LogP contribution in [0.4, 0.5) is 0 Å². The smallest absolute Gasteiger partial charge is 0.344 e. The summed E-state index contributed by atoms with van der Waals surface area (Å²) in [6, 6.07) is 1.57. The molecule has 2 rings (SSSR count). The average Bonchev–Trinajstić information content (AvgIpc) is 2.75. The van der Waals surface area contributed by atoms with Crippen LogP contribution in [-0.4, -0.2) is 34.8 Å². The van der Waals surface area contributed by atoms with E-state index >= 15 is 0 Å². The molecule has 7 heteroatoms. The summed E-state index contributed by atoms with van der Waals surface area (Å²) in [6.07, 6.45) is -0.258. The molecule has 0 aliphatic carbocycles. The normalized spacial score (nSPS) is 10.9. The van der Waals surface area contributed by atoms with Gasteiger partial charge in [-0.3, -0.25) is 0 Å². The minimum atomic E-state index is -0.641. The fourth-order valence-electron chi connectivity index (χ4n) is 1.88. The molecule has 0 saturated heterocycles. The number of carbonyl (C=O) groups is 2. The first-order valence-corrected chi connectivity index (χ1v) is 6.48. The van der Waals surface area contributed by atoms with Crippen LogP contribution in [0.15, 0.2) is 10.6 Å². The van der Waals surface area contributed by atoms with E-state index in [1.165, 1.54) is 0 Å². The maximum absolute atomic E-state index is 12.1. The van der Waals surface area contributed by atoms with Crippen LogP contribution in [0.25, 0.3) is 11.1 Å². The Bertz CT molecular complexity index is 690. The monoisotopic (exact) mass is 292 g/mol. The lowest BCUT2D eigenvalue weighted by atomic mass is 10.1. The van der Waals surface area contributed by atoms with Crippen molar-refractivity contribution >= 4 is 23.0 Å². The first-order valence-electron chi connectivity index (χ1n) is 6.48. The standard InChI is InChI=1S/C14H16N2O5/c1-7(2)20-11(17)6-19-14(18)10-5-8(3)15-13-12(10)9(4)16-21-13/h5,7H,6H2,1-4H3. The summed E-state index contributed by atoms with van der Waals surface area (Å²) in [6.45, 7) is 6.42. The summed E-state index contributed by atoms with van der Waals surface area (Å²) in [5.41, 5.74) is 1.67. The van der Waals surface area contributed by atoms with Crippen LogP contribution >= 0.6 is 0 Å². The van der Waals surface area contributed by atoms with Crippen molar-refractivity contribution in [3.05, 3.63) is 23.0 Å². The molecule has 0 spiro atoms. The second kappa shape index (κ2) is 5.90. The first kappa shape index (κ1) is 15.0. The van der Waals surface area contributed by atoms with Gasteiger partial charge in [-0.25, -0.2) is 14.6 Å². The van der Waals surface area contributed by atoms with Crippen molar-refractivity contribution in [2.45, 2.75) is 33.8 Å². The van der Waals surface area contributed by atoms with Crippen LogP contribution < -0.4 is 0 Å². The maximum Gasteiger partial charge on any atom is 0.344 e. The van der Waals surface area contributed by atoms with Gasteiger partial charge in [-0.05, 0) is 33.8 Å². The van der Waals surface area contributed by atoms with Crippen molar-refractivity contribution in [3.63, 3.8) is 0 Å². The highest BCUT2D eigenvalue weighted by molar-refractivity contribution is 6.03. The molecule has 0 aliphatic rings. The molecule has 21 heavy (non-hydrogen) atoms. The Morgan fingerprint density at radius 3 is 2.71 bits per heavy atom. The van der Waals surface area contributed by atoms with E-state index in [-0.39, 0.29) is 17.4 Å². The van der Waals surface area contributed by atoms with Gasteiger partial charge in [0.2, 0.25) is 0 Å². The highest BCUT2D eigenvalue weighted by Crippen LogP contribution is 2.22. The second-order valence-corrected chi connectivity index (χ2v) is 4.87. The Hall–Kier alpha value is -2.44. The van der Waals surface area contributed by atoms with Crippen molar-refractivity contribution in [2.24, 2.45) is 0 Å². The molecule has 0 N–H and O–H groups in total. The number of aryl methyl sites for hydroxylation is 2. The molecule has 0 fully saturated rings. The molecule has 0 amide bonds. The van der Waals surface area contributed by atoms with E-state index in [0.29, 0.717) is 16.8 Å².